The lowest BCUT2D eigenvalue weighted by Crippen LogP contribution is -1.92. The fraction of sp³-hybridized carbons (Fsp3) is 0.0909. The van der Waals surface area contributed by atoms with Crippen LogP contribution in [0.1, 0.15) is 11.1 Å². The Hall–Kier alpha value is -3.60. The van der Waals surface area contributed by atoms with Crippen LogP contribution < -0.4 is 9.47 Å². The highest BCUT2D eigenvalue weighted by atomic mass is 16.7. The van der Waals surface area contributed by atoms with Gasteiger partial charge in [-0.1, -0.05) is 17.7 Å². The van der Waals surface area contributed by atoms with E-state index in [1.165, 1.54) is 5.56 Å². The number of nitrogens with zero attached hydrogens (tertiary/aromatic N) is 2. The number of oxazole rings is 1. The summed E-state index contributed by atoms with van der Waals surface area (Å²) >= 11 is 0. The Balaban J connectivity index is 1.43. The van der Waals surface area contributed by atoms with Crippen LogP contribution in [0.15, 0.2) is 70.1 Å². The zero-order chi connectivity index (χ0) is 18.2. The Bertz CT molecular complexity index is 1160. The minimum Gasteiger partial charge on any atom is -0.454 e. The maximum absolute atomic E-state index is 5.87. The first-order valence-electron chi connectivity index (χ1n) is 8.66. The summed E-state index contributed by atoms with van der Waals surface area (Å²) in [5.41, 5.74) is 5.44. The second-order valence-corrected chi connectivity index (χ2v) is 6.41. The van der Waals surface area contributed by atoms with E-state index in [-0.39, 0.29) is 6.79 Å². The van der Waals surface area contributed by atoms with Gasteiger partial charge in [0.05, 0.1) is 5.69 Å². The van der Waals surface area contributed by atoms with Gasteiger partial charge in [0, 0.05) is 11.8 Å². The van der Waals surface area contributed by atoms with Gasteiger partial charge in [-0.05, 0) is 61.0 Å². The Morgan fingerprint density at radius 2 is 1.78 bits per heavy atom. The minimum absolute atomic E-state index is 0.266. The van der Waals surface area contributed by atoms with Crippen LogP contribution in [0.4, 0.5) is 5.69 Å². The van der Waals surface area contributed by atoms with Crippen LogP contribution in [-0.2, 0) is 0 Å². The van der Waals surface area contributed by atoms with E-state index in [0.717, 1.165) is 39.4 Å². The van der Waals surface area contributed by atoms with Crippen LogP contribution >= 0.6 is 0 Å². The average Bonchev–Trinajstić information content (AvgIpc) is 3.32. The molecule has 1 aliphatic heterocycles. The summed E-state index contributed by atoms with van der Waals surface area (Å²) in [6.45, 7) is 2.32. The predicted molar refractivity (Wildman–Crippen MR) is 104 cm³/mol. The van der Waals surface area contributed by atoms with Gasteiger partial charge in [0.1, 0.15) is 5.52 Å². The zero-order valence-electron chi connectivity index (χ0n) is 14.7. The molecule has 5 rings (SSSR count). The van der Waals surface area contributed by atoms with Gasteiger partial charge < -0.3 is 13.9 Å². The van der Waals surface area contributed by atoms with Crippen LogP contribution in [0.3, 0.4) is 0 Å². The van der Waals surface area contributed by atoms with Crippen molar-refractivity contribution in [3.05, 3.63) is 71.8 Å². The van der Waals surface area contributed by atoms with Gasteiger partial charge in [-0.25, -0.2) is 4.98 Å². The van der Waals surface area contributed by atoms with Crippen molar-refractivity contribution < 1.29 is 13.9 Å². The quantitative estimate of drug-likeness (QED) is 0.469. The van der Waals surface area contributed by atoms with Crippen LogP contribution in [0.2, 0.25) is 0 Å². The number of ether oxygens (including phenoxy) is 2. The molecule has 0 radical (unpaired) electrons. The molecule has 27 heavy (non-hydrogen) atoms. The van der Waals surface area contributed by atoms with E-state index in [4.69, 9.17) is 13.9 Å². The highest BCUT2D eigenvalue weighted by Gasteiger charge is 2.12. The molecule has 4 aromatic rings. The number of aryl methyl sites for hydroxylation is 1. The van der Waals surface area contributed by atoms with E-state index in [9.17, 15) is 0 Å². The van der Waals surface area contributed by atoms with E-state index in [1.807, 2.05) is 60.7 Å². The Kier molecular flexibility index (Phi) is 3.64. The third-order valence-corrected chi connectivity index (χ3v) is 4.43. The van der Waals surface area contributed by atoms with Crippen molar-refractivity contribution in [1.82, 2.24) is 4.98 Å². The predicted octanol–water partition coefficient (Wildman–Crippen LogP) is 5.28. The summed E-state index contributed by atoms with van der Waals surface area (Å²) in [5.74, 6) is 2.12. The highest BCUT2D eigenvalue weighted by Crippen LogP contribution is 2.32. The number of aliphatic imine (C=N–C) groups is 1. The summed E-state index contributed by atoms with van der Waals surface area (Å²) < 4.78 is 16.6. The number of hydrogen-bond donors (Lipinski definition) is 0. The van der Waals surface area contributed by atoms with Crippen molar-refractivity contribution >= 4 is 23.0 Å². The molecule has 0 bridgehead atoms. The van der Waals surface area contributed by atoms with Gasteiger partial charge in [-0.15, -0.1) is 0 Å². The number of aromatic nitrogens is 1. The molecule has 2 heterocycles. The first kappa shape index (κ1) is 15.6. The lowest BCUT2D eigenvalue weighted by atomic mass is 10.1. The molecule has 0 aliphatic carbocycles. The molecule has 0 spiro atoms. The first-order chi connectivity index (χ1) is 13.2. The summed E-state index contributed by atoms with van der Waals surface area (Å²) in [4.78, 5) is 9.14. The van der Waals surface area contributed by atoms with Crippen LogP contribution in [0.5, 0.6) is 11.5 Å². The molecular weight excluding hydrogens is 340 g/mol. The Morgan fingerprint density at radius 1 is 0.926 bits per heavy atom. The van der Waals surface area contributed by atoms with E-state index in [1.54, 1.807) is 6.21 Å². The van der Waals surface area contributed by atoms with E-state index in [0.29, 0.717) is 5.89 Å². The van der Waals surface area contributed by atoms with Gasteiger partial charge in [0.25, 0.3) is 0 Å². The molecule has 1 aliphatic rings. The maximum Gasteiger partial charge on any atom is 0.231 e. The molecular formula is C22H16N2O3. The van der Waals surface area contributed by atoms with Crippen molar-refractivity contribution in [2.75, 3.05) is 6.79 Å². The molecule has 0 fully saturated rings. The molecule has 1 aromatic heterocycles. The molecule has 5 heteroatoms. The van der Waals surface area contributed by atoms with Crippen LogP contribution in [-0.4, -0.2) is 18.0 Å². The topological polar surface area (TPSA) is 56.9 Å². The second-order valence-electron chi connectivity index (χ2n) is 6.41. The molecule has 0 N–H and O–H groups in total. The molecule has 0 atom stereocenters. The van der Waals surface area contributed by atoms with Gasteiger partial charge in [-0.2, -0.15) is 0 Å². The van der Waals surface area contributed by atoms with Gasteiger partial charge in [-0.3, -0.25) is 4.99 Å². The number of rotatable bonds is 3. The average molecular weight is 356 g/mol. The summed E-state index contributed by atoms with van der Waals surface area (Å²) in [7, 11) is 0. The molecule has 0 unspecified atom stereocenters. The monoisotopic (exact) mass is 356 g/mol. The van der Waals surface area contributed by atoms with Gasteiger partial charge in [0.2, 0.25) is 12.7 Å². The molecule has 0 saturated heterocycles. The van der Waals surface area contributed by atoms with Crippen molar-refractivity contribution in [3.8, 4) is 23.0 Å². The Morgan fingerprint density at radius 3 is 2.67 bits per heavy atom. The minimum atomic E-state index is 0.266. The maximum atomic E-state index is 5.87. The van der Waals surface area contributed by atoms with E-state index < -0.39 is 0 Å². The fourth-order valence-electron chi connectivity index (χ4n) is 2.96. The molecule has 132 valence electrons. The number of hydrogen-bond acceptors (Lipinski definition) is 5. The lowest BCUT2D eigenvalue weighted by Gasteiger charge is -1.97. The van der Waals surface area contributed by atoms with Crippen LogP contribution in [0, 0.1) is 6.92 Å². The Labute approximate surface area is 155 Å². The van der Waals surface area contributed by atoms with Crippen molar-refractivity contribution in [1.29, 1.82) is 0 Å². The van der Waals surface area contributed by atoms with Crippen LogP contribution in [0.25, 0.3) is 22.6 Å². The fourth-order valence-corrected chi connectivity index (χ4v) is 2.96. The van der Waals surface area contributed by atoms with Crippen molar-refractivity contribution in [3.63, 3.8) is 0 Å². The smallest absolute Gasteiger partial charge is 0.231 e. The summed E-state index contributed by atoms with van der Waals surface area (Å²) in [5, 5.41) is 0. The third-order valence-electron chi connectivity index (χ3n) is 4.43. The second kappa shape index (κ2) is 6.29. The lowest BCUT2D eigenvalue weighted by molar-refractivity contribution is 0.174. The van der Waals surface area contributed by atoms with E-state index in [2.05, 4.69) is 16.9 Å². The van der Waals surface area contributed by atoms with Gasteiger partial charge >= 0.3 is 0 Å². The molecule has 0 amide bonds. The molecule has 5 nitrogen and oxygen atoms in total. The largest absolute Gasteiger partial charge is 0.454 e. The molecule has 3 aromatic carbocycles. The standard InChI is InChI=1S/C22H16N2O3/c1-14-2-5-16(6-3-14)22-24-18-11-17(7-9-19(18)27-22)23-12-15-4-8-20-21(10-15)26-13-25-20/h2-12H,13H2,1H3. The zero-order valence-corrected chi connectivity index (χ0v) is 14.7. The van der Waals surface area contributed by atoms with Crippen molar-refractivity contribution in [2.24, 2.45) is 4.99 Å². The van der Waals surface area contributed by atoms with Crippen molar-refractivity contribution in [2.45, 2.75) is 6.92 Å². The highest BCUT2D eigenvalue weighted by molar-refractivity contribution is 5.85. The number of benzene rings is 3. The molecule has 0 saturated carbocycles. The SMILES string of the molecule is Cc1ccc(-c2nc3cc(N=Cc4ccc5c(c4)OCO5)ccc3o2)cc1. The summed E-state index contributed by atoms with van der Waals surface area (Å²) in [6.07, 6.45) is 1.80. The third kappa shape index (κ3) is 3.04. The summed E-state index contributed by atoms with van der Waals surface area (Å²) in [6, 6.07) is 19.6. The number of fused-ring (bicyclic) bond motifs is 2. The van der Waals surface area contributed by atoms with Gasteiger partial charge in [0.15, 0.2) is 17.1 Å². The first-order valence-corrected chi connectivity index (χ1v) is 8.66. The van der Waals surface area contributed by atoms with E-state index >= 15 is 0 Å². The normalized spacial score (nSPS) is 12.9.